The van der Waals surface area contributed by atoms with Crippen LogP contribution in [-0.2, 0) is 0 Å². The molecule has 3 nitrogen and oxygen atoms in total. The third-order valence-electron chi connectivity index (χ3n) is 2.11. The molecule has 1 aromatic rings. The molecule has 0 heterocycles. The summed E-state index contributed by atoms with van der Waals surface area (Å²) in [5.41, 5.74) is 5.64. The van der Waals surface area contributed by atoms with Crippen LogP contribution in [0.15, 0.2) is 22.7 Å². The van der Waals surface area contributed by atoms with E-state index in [-0.39, 0.29) is 10.4 Å². The summed E-state index contributed by atoms with van der Waals surface area (Å²) < 4.78 is 13.3. The molecule has 0 spiro atoms. The van der Waals surface area contributed by atoms with Gasteiger partial charge in [0.15, 0.2) is 0 Å². The molecule has 0 unspecified atom stereocenters. The summed E-state index contributed by atoms with van der Waals surface area (Å²) in [6.45, 7) is 1.17. The maximum Gasteiger partial charge on any atom is 0.252 e. The van der Waals surface area contributed by atoms with Crippen molar-refractivity contribution in [3.8, 4) is 0 Å². The lowest BCUT2D eigenvalue weighted by atomic mass is 10.2. The molecule has 0 aliphatic carbocycles. The highest BCUT2D eigenvalue weighted by molar-refractivity contribution is 9.10. The van der Waals surface area contributed by atoms with E-state index in [0.717, 1.165) is 12.8 Å². The number of hydrogen-bond donors (Lipinski definition) is 2. The van der Waals surface area contributed by atoms with Gasteiger partial charge < -0.3 is 11.1 Å². The fraction of sp³-hybridized carbons (Fsp3) is 0.364. The predicted octanol–water partition coefficient (Wildman–Crippen LogP) is 2.06. The summed E-state index contributed by atoms with van der Waals surface area (Å²) in [5.74, 6) is -0.710. The lowest BCUT2D eigenvalue weighted by Crippen LogP contribution is -2.25. The van der Waals surface area contributed by atoms with Gasteiger partial charge in [0, 0.05) is 6.54 Å². The first-order valence-corrected chi connectivity index (χ1v) is 5.88. The van der Waals surface area contributed by atoms with Gasteiger partial charge in [-0.25, -0.2) is 4.39 Å². The Hall–Kier alpha value is -0.940. The molecule has 3 N–H and O–H groups in total. The molecule has 16 heavy (non-hydrogen) atoms. The van der Waals surface area contributed by atoms with Crippen molar-refractivity contribution in [3.63, 3.8) is 0 Å². The minimum Gasteiger partial charge on any atom is -0.352 e. The highest BCUT2D eigenvalue weighted by atomic mass is 79.9. The Bertz CT molecular complexity index is 371. The Labute approximate surface area is 102 Å². The molecule has 88 valence electrons. The molecule has 1 rings (SSSR count). The molecular weight excluding hydrogens is 275 g/mol. The van der Waals surface area contributed by atoms with Crippen LogP contribution < -0.4 is 11.1 Å². The van der Waals surface area contributed by atoms with Crippen molar-refractivity contribution in [2.24, 2.45) is 5.73 Å². The van der Waals surface area contributed by atoms with Crippen LogP contribution in [0.25, 0.3) is 0 Å². The van der Waals surface area contributed by atoms with Crippen molar-refractivity contribution in [3.05, 3.63) is 34.1 Å². The van der Waals surface area contributed by atoms with Gasteiger partial charge in [0.2, 0.25) is 0 Å². The number of nitrogens with two attached hydrogens (primary N) is 1. The maximum atomic E-state index is 13.1. The van der Waals surface area contributed by atoms with Crippen LogP contribution in [0.5, 0.6) is 0 Å². The van der Waals surface area contributed by atoms with Crippen LogP contribution in [0.4, 0.5) is 4.39 Å². The van der Waals surface area contributed by atoms with Crippen molar-refractivity contribution in [1.82, 2.24) is 5.32 Å². The molecule has 0 aromatic heterocycles. The summed E-state index contributed by atoms with van der Waals surface area (Å²) in [6.07, 6.45) is 1.69. The lowest BCUT2D eigenvalue weighted by molar-refractivity contribution is 0.0951. The summed E-state index contributed by atoms with van der Waals surface area (Å²) in [6, 6.07) is 4.38. The first-order chi connectivity index (χ1) is 7.66. The molecule has 0 aliphatic heterocycles. The average Bonchev–Trinajstić information content (AvgIpc) is 2.28. The number of unbranched alkanes of at least 4 members (excludes halogenated alkanes) is 1. The Morgan fingerprint density at radius 2 is 2.19 bits per heavy atom. The molecule has 1 amide bonds. The number of carbonyl (C=O) groups excluding carboxylic acids is 1. The number of halogens is 2. The van der Waals surface area contributed by atoms with Gasteiger partial charge in [0.05, 0.1) is 10.0 Å². The summed E-state index contributed by atoms with van der Waals surface area (Å²) >= 11 is 3.05. The van der Waals surface area contributed by atoms with Crippen LogP contribution >= 0.6 is 15.9 Å². The van der Waals surface area contributed by atoms with Crippen LogP contribution in [0, 0.1) is 5.82 Å². The van der Waals surface area contributed by atoms with Crippen LogP contribution in [0.3, 0.4) is 0 Å². The summed E-state index contributed by atoms with van der Waals surface area (Å²) in [5, 5.41) is 2.71. The molecule has 0 fully saturated rings. The number of rotatable bonds is 5. The Kier molecular flexibility index (Phi) is 5.42. The standard InChI is InChI=1S/C11H14BrFN2O/c12-10-8(4-3-5-9(10)13)11(16)15-7-2-1-6-14/h3-5H,1-2,6-7,14H2,(H,15,16). The predicted molar refractivity (Wildman–Crippen MR) is 64.7 cm³/mol. The molecule has 5 heteroatoms. The van der Waals surface area contributed by atoms with Gasteiger partial charge in [-0.3, -0.25) is 4.79 Å². The topological polar surface area (TPSA) is 55.1 Å². The molecular formula is C11H14BrFN2O. The average molecular weight is 289 g/mol. The van der Waals surface area contributed by atoms with Gasteiger partial charge in [-0.05, 0) is 47.4 Å². The monoisotopic (exact) mass is 288 g/mol. The second kappa shape index (κ2) is 6.60. The van der Waals surface area contributed by atoms with Crippen molar-refractivity contribution in [2.75, 3.05) is 13.1 Å². The fourth-order valence-corrected chi connectivity index (χ4v) is 1.69. The summed E-state index contributed by atoms with van der Waals surface area (Å²) in [7, 11) is 0. The molecule has 0 saturated heterocycles. The maximum absolute atomic E-state index is 13.1. The van der Waals surface area contributed by atoms with Crippen molar-refractivity contribution in [2.45, 2.75) is 12.8 Å². The van der Waals surface area contributed by atoms with E-state index in [9.17, 15) is 9.18 Å². The van der Waals surface area contributed by atoms with Crippen molar-refractivity contribution >= 4 is 21.8 Å². The van der Waals surface area contributed by atoms with Crippen LogP contribution in [0.2, 0.25) is 0 Å². The second-order valence-electron chi connectivity index (χ2n) is 3.35. The number of benzene rings is 1. The van der Waals surface area contributed by atoms with Gasteiger partial charge in [-0.15, -0.1) is 0 Å². The smallest absolute Gasteiger partial charge is 0.252 e. The largest absolute Gasteiger partial charge is 0.352 e. The number of carbonyl (C=O) groups is 1. The highest BCUT2D eigenvalue weighted by Gasteiger charge is 2.11. The van der Waals surface area contributed by atoms with Gasteiger partial charge in [-0.1, -0.05) is 6.07 Å². The van der Waals surface area contributed by atoms with E-state index in [1.807, 2.05) is 0 Å². The quantitative estimate of drug-likeness (QED) is 0.815. The first kappa shape index (κ1) is 13.1. The minimum atomic E-state index is -0.436. The summed E-state index contributed by atoms with van der Waals surface area (Å²) in [4.78, 5) is 11.6. The Balaban J connectivity index is 2.56. The van der Waals surface area contributed by atoms with E-state index >= 15 is 0 Å². The fourth-order valence-electron chi connectivity index (χ4n) is 1.25. The first-order valence-electron chi connectivity index (χ1n) is 5.09. The zero-order chi connectivity index (χ0) is 12.0. The normalized spacial score (nSPS) is 10.2. The zero-order valence-corrected chi connectivity index (χ0v) is 10.4. The SMILES string of the molecule is NCCCCNC(=O)c1cccc(F)c1Br. The van der Waals surface area contributed by atoms with Gasteiger partial charge in [0.25, 0.3) is 5.91 Å². The van der Waals surface area contributed by atoms with Gasteiger partial charge >= 0.3 is 0 Å². The van der Waals surface area contributed by atoms with Crippen molar-refractivity contribution in [1.29, 1.82) is 0 Å². The van der Waals surface area contributed by atoms with E-state index in [1.54, 1.807) is 6.07 Å². The zero-order valence-electron chi connectivity index (χ0n) is 8.80. The molecule has 0 saturated carbocycles. The molecule has 0 radical (unpaired) electrons. The van der Waals surface area contributed by atoms with Gasteiger partial charge in [0.1, 0.15) is 5.82 Å². The number of nitrogens with one attached hydrogen (secondary N) is 1. The minimum absolute atomic E-state index is 0.200. The van der Waals surface area contributed by atoms with Gasteiger partial charge in [-0.2, -0.15) is 0 Å². The third kappa shape index (κ3) is 3.57. The van der Waals surface area contributed by atoms with E-state index in [1.165, 1.54) is 12.1 Å². The molecule has 0 aliphatic rings. The van der Waals surface area contributed by atoms with E-state index < -0.39 is 5.82 Å². The number of hydrogen-bond acceptors (Lipinski definition) is 2. The molecule has 1 aromatic carbocycles. The van der Waals surface area contributed by atoms with Crippen LogP contribution in [0.1, 0.15) is 23.2 Å². The van der Waals surface area contributed by atoms with E-state index in [0.29, 0.717) is 18.7 Å². The highest BCUT2D eigenvalue weighted by Crippen LogP contribution is 2.20. The van der Waals surface area contributed by atoms with Crippen LogP contribution in [-0.4, -0.2) is 19.0 Å². The van der Waals surface area contributed by atoms with E-state index in [2.05, 4.69) is 21.2 Å². The number of amides is 1. The Morgan fingerprint density at radius 3 is 2.88 bits per heavy atom. The van der Waals surface area contributed by atoms with Crippen molar-refractivity contribution < 1.29 is 9.18 Å². The lowest BCUT2D eigenvalue weighted by Gasteiger charge is -2.06. The second-order valence-corrected chi connectivity index (χ2v) is 4.15. The molecule has 0 atom stereocenters. The van der Waals surface area contributed by atoms with E-state index in [4.69, 9.17) is 5.73 Å². The third-order valence-corrected chi connectivity index (χ3v) is 2.92. The Morgan fingerprint density at radius 1 is 1.44 bits per heavy atom. The molecule has 0 bridgehead atoms.